The first-order valence-corrected chi connectivity index (χ1v) is 6.30. The molecule has 1 heterocycles. The lowest BCUT2D eigenvalue weighted by Gasteiger charge is -2.24. The molecule has 1 rings (SSSR count). The lowest BCUT2D eigenvalue weighted by Crippen LogP contribution is -2.50. The first-order valence-electron chi connectivity index (χ1n) is 5.42. The van der Waals surface area contributed by atoms with Crippen LogP contribution in [0.15, 0.2) is 11.4 Å². The second kappa shape index (κ2) is 5.29. The van der Waals surface area contributed by atoms with Crippen molar-refractivity contribution >= 4 is 28.2 Å². The summed E-state index contributed by atoms with van der Waals surface area (Å²) in [5.74, 6) is -0.843. The zero-order valence-electron chi connectivity index (χ0n) is 9.95. The van der Waals surface area contributed by atoms with Gasteiger partial charge >= 0.3 is 0 Å². The van der Waals surface area contributed by atoms with Crippen molar-refractivity contribution < 1.29 is 9.59 Å². The van der Waals surface area contributed by atoms with Gasteiger partial charge in [-0.25, -0.2) is 0 Å². The number of nitrogens with one attached hydrogen (secondary N) is 1. The lowest BCUT2D eigenvalue weighted by atomic mass is 9.93. The summed E-state index contributed by atoms with van der Waals surface area (Å²) in [6.07, 6.45) is 1.07. The SMILES string of the molecule is CCC(N)(CC)C(=O)Nc1sccc1C(N)=O. The van der Waals surface area contributed by atoms with E-state index in [0.29, 0.717) is 23.4 Å². The highest BCUT2D eigenvalue weighted by Gasteiger charge is 2.30. The molecule has 0 aliphatic heterocycles. The topological polar surface area (TPSA) is 98.2 Å². The zero-order chi connectivity index (χ0) is 13.1. The third kappa shape index (κ3) is 2.83. The minimum Gasteiger partial charge on any atom is -0.366 e. The molecule has 0 saturated heterocycles. The lowest BCUT2D eigenvalue weighted by molar-refractivity contribution is -0.121. The summed E-state index contributed by atoms with van der Waals surface area (Å²) < 4.78 is 0. The summed E-state index contributed by atoms with van der Waals surface area (Å²) in [5.41, 5.74) is 10.6. The van der Waals surface area contributed by atoms with Crippen LogP contribution < -0.4 is 16.8 Å². The highest BCUT2D eigenvalue weighted by atomic mass is 32.1. The number of nitrogens with two attached hydrogens (primary N) is 2. The van der Waals surface area contributed by atoms with Gasteiger partial charge in [0, 0.05) is 0 Å². The number of carbonyl (C=O) groups is 2. The van der Waals surface area contributed by atoms with Gasteiger partial charge in [-0.1, -0.05) is 13.8 Å². The molecule has 0 aliphatic carbocycles. The average Bonchev–Trinajstić information content (AvgIpc) is 2.76. The van der Waals surface area contributed by atoms with Crippen molar-refractivity contribution in [3.63, 3.8) is 0 Å². The van der Waals surface area contributed by atoms with Gasteiger partial charge in [0.15, 0.2) is 0 Å². The van der Waals surface area contributed by atoms with Crippen molar-refractivity contribution in [3.8, 4) is 0 Å². The smallest absolute Gasteiger partial charge is 0.251 e. The van der Waals surface area contributed by atoms with Gasteiger partial charge in [-0.2, -0.15) is 0 Å². The second-order valence-electron chi connectivity index (χ2n) is 3.85. The molecular formula is C11H17N3O2S. The minimum atomic E-state index is -0.904. The fourth-order valence-corrected chi connectivity index (χ4v) is 2.19. The molecule has 5 nitrogen and oxygen atoms in total. The summed E-state index contributed by atoms with van der Waals surface area (Å²) in [6, 6.07) is 1.58. The fraction of sp³-hybridized carbons (Fsp3) is 0.455. The van der Waals surface area contributed by atoms with Crippen LogP contribution in [0.3, 0.4) is 0 Å². The molecule has 2 amide bonds. The quantitative estimate of drug-likeness (QED) is 0.739. The Morgan fingerprint density at radius 2 is 2.00 bits per heavy atom. The van der Waals surface area contributed by atoms with Gasteiger partial charge < -0.3 is 16.8 Å². The number of primary amides is 1. The molecule has 94 valence electrons. The van der Waals surface area contributed by atoms with Crippen molar-refractivity contribution in [2.75, 3.05) is 5.32 Å². The highest BCUT2D eigenvalue weighted by molar-refractivity contribution is 7.14. The molecule has 0 bridgehead atoms. The van der Waals surface area contributed by atoms with Gasteiger partial charge in [0.1, 0.15) is 5.00 Å². The molecule has 6 heteroatoms. The van der Waals surface area contributed by atoms with Crippen LogP contribution in [0, 0.1) is 0 Å². The van der Waals surface area contributed by atoms with E-state index in [4.69, 9.17) is 11.5 Å². The maximum absolute atomic E-state index is 12.0. The van der Waals surface area contributed by atoms with Crippen molar-refractivity contribution in [3.05, 3.63) is 17.0 Å². The number of rotatable bonds is 5. The average molecular weight is 255 g/mol. The molecule has 0 fully saturated rings. The predicted octanol–water partition coefficient (Wildman–Crippen LogP) is 1.30. The van der Waals surface area contributed by atoms with Crippen LogP contribution in [0.4, 0.5) is 5.00 Å². The standard InChI is InChI=1S/C11H17N3O2S/c1-3-11(13,4-2)10(16)14-9-7(8(12)15)5-6-17-9/h5-6H,3-4,13H2,1-2H3,(H2,12,15)(H,14,16). The van der Waals surface area contributed by atoms with E-state index < -0.39 is 11.4 Å². The Morgan fingerprint density at radius 3 is 2.47 bits per heavy atom. The fourth-order valence-electron chi connectivity index (χ4n) is 1.40. The monoisotopic (exact) mass is 255 g/mol. The molecule has 1 aromatic heterocycles. The molecule has 0 saturated carbocycles. The third-order valence-electron chi connectivity index (χ3n) is 2.87. The van der Waals surface area contributed by atoms with Crippen LogP contribution in [0.2, 0.25) is 0 Å². The van der Waals surface area contributed by atoms with E-state index in [9.17, 15) is 9.59 Å². The van der Waals surface area contributed by atoms with E-state index in [1.807, 2.05) is 13.8 Å². The molecule has 1 aromatic rings. The van der Waals surface area contributed by atoms with E-state index in [2.05, 4.69) is 5.32 Å². The minimum absolute atomic E-state index is 0.285. The summed E-state index contributed by atoms with van der Waals surface area (Å²) in [7, 11) is 0. The first-order chi connectivity index (χ1) is 7.94. The zero-order valence-corrected chi connectivity index (χ0v) is 10.8. The summed E-state index contributed by atoms with van der Waals surface area (Å²) in [5, 5.41) is 4.83. The van der Waals surface area contributed by atoms with E-state index in [0.717, 1.165) is 0 Å². The molecule has 0 aliphatic rings. The van der Waals surface area contributed by atoms with Crippen LogP contribution in [-0.4, -0.2) is 17.4 Å². The normalized spacial score (nSPS) is 11.2. The number of hydrogen-bond donors (Lipinski definition) is 3. The molecular weight excluding hydrogens is 238 g/mol. The Bertz CT molecular complexity index is 424. The molecule has 0 radical (unpaired) electrons. The van der Waals surface area contributed by atoms with Crippen molar-refractivity contribution in [1.82, 2.24) is 0 Å². The van der Waals surface area contributed by atoms with Crippen LogP contribution in [0.1, 0.15) is 37.0 Å². The molecule has 0 spiro atoms. The van der Waals surface area contributed by atoms with Gasteiger partial charge in [-0.05, 0) is 24.3 Å². The molecule has 0 aromatic carbocycles. The molecule has 0 atom stereocenters. The number of anilines is 1. The summed E-state index contributed by atoms with van der Waals surface area (Å²) in [6.45, 7) is 3.71. The Balaban J connectivity index is 2.88. The Kier molecular flexibility index (Phi) is 4.25. The number of thiophene rings is 1. The van der Waals surface area contributed by atoms with Gasteiger partial charge in [-0.15, -0.1) is 11.3 Å². The van der Waals surface area contributed by atoms with Crippen LogP contribution >= 0.6 is 11.3 Å². The Hall–Kier alpha value is -1.40. The van der Waals surface area contributed by atoms with Crippen LogP contribution in [-0.2, 0) is 4.79 Å². The number of hydrogen-bond acceptors (Lipinski definition) is 4. The second-order valence-corrected chi connectivity index (χ2v) is 4.76. The molecule has 0 unspecified atom stereocenters. The first kappa shape index (κ1) is 13.7. The van der Waals surface area contributed by atoms with Gasteiger partial charge in [-0.3, -0.25) is 9.59 Å². The maximum atomic E-state index is 12.0. The van der Waals surface area contributed by atoms with E-state index in [-0.39, 0.29) is 5.91 Å². The van der Waals surface area contributed by atoms with E-state index >= 15 is 0 Å². The van der Waals surface area contributed by atoms with Crippen molar-refractivity contribution in [2.24, 2.45) is 11.5 Å². The number of amides is 2. The van der Waals surface area contributed by atoms with Crippen LogP contribution in [0.5, 0.6) is 0 Å². The predicted molar refractivity (Wildman–Crippen MR) is 69.0 cm³/mol. The van der Waals surface area contributed by atoms with Crippen molar-refractivity contribution in [1.29, 1.82) is 0 Å². The van der Waals surface area contributed by atoms with Gasteiger partial charge in [0.25, 0.3) is 5.91 Å². The van der Waals surface area contributed by atoms with Crippen molar-refractivity contribution in [2.45, 2.75) is 32.2 Å². The van der Waals surface area contributed by atoms with Crippen LogP contribution in [0.25, 0.3) is 0 Å². The number of carbonyl (C=O) groups excluding carboxylic acids is 2. The van der Waals surface area contributed by atoms with E-state index in [1.54, 1.807) is 11.4 Å². The largest absolute Gasteiger partial charge is 0.366 e. The van der Waals surface area contributed by atoms with Gasteiger partial charge in [0.2, 0.25) is 5.91 Å². The van der Waals surface area contributed by atoms with Gasteiger partial charge in [0.05, 0.1) is 11.1 Å². The molecule has 17 heavy (non-hydrogen) atoms. The Labute approximate surface area is 104 Å². The maximum Gasteiger partial charge on any atom is 0.251 e. The highest BCUT2D eigenvalue weighted by Crippen LogP contribution is 2.24. The third-order valence-corrected chi connectivity index (χ3v) is 3.70. The summed E-state index contributed by atoms with van der Waals surface area (Å²) >= 11 is 1.25. The molecule has 5 N–H and O–H groups in total. The summed E-state index contributed by atoms with van der Waals surface area (Å²) in [4.78, 5) is 23.1. The van der Waals surface area contributed by atoms with E-state index in [1.165, 1.54) is 11.3 Å². The Morgan fingerprint density at radius 1 is 1.41 bits per heavy atom.